The first kappa shape index (κ1) is 20.5. The number of aryl methyl sites for hydroxylation is 3. The highest BCUT2D eigenvalue weighted by atomic mass is 16.3. The van der Waals surface area contributed by atoms with Crippen molar-refractivity contribution in [3.05, 3.63) is 46.9 Å². The van der Waals surface area contributed by atoms with Crippen LogP contribution in [0.5, 0.6) is 0 Å². The second-order valence-electron chi connectivity index (χ2n) is 8.04. The molecule has 0 aliphatic heterocycles. The van der Waals surface area contributed by atoms with Gasteiger partial charge in [-0.15, -0.1) is 0 Å². The first-order valence-electron chi connectivity index (χ1n) is 10.5. The fraction of sp³-hybridized carbons (Fsp3) is 0.500. The Bertz CT molecular complexity index is 972. The minimum absolute atomic E-state index is 0.194. The first-order valence-corrected chi connectivity index (χ1v) is 10.5. The molecule has 0 spiro atoms. The van der Waals surface area contributed by atoms with Crippen LogP contribution < -0.4 is 0 Å². The third-order valence-corrected chi connectivity index (χ3v) is 5.65. The lowest BCUT2D eigenvalue weighted by molar-refractivity contribution is 0.264. The van der Waals surface area contributed by atoms with Crippen LogP contribution in [-0.4, -0.2) is 26.2 Å². The predicted molar refractivity (Wildman–Crippen MR) is 117 cm³/mol. The quantitative estimate of drug-likeness (QED) is 0.581. The third kappa shape index (κ3) is 3.70. The van der Waals surface area contributed by atoms with Gasteiger partial charge in [0, 0.05) is 35.8 Å². The lowest BCUT2D eigenvalue weighted by Crippen LogP contribution is -2.06. The highest BCUT2D eigenvalue weighted by molar-refractivity contribution is 5.84. The fourth-order valence-electron chi connectivity index (χ4n) is 3.89. The van der Waals surface area contributed by atoms with E-state index in [9.17, 15) is 5.11 Å². The number of fused-ring (bicyclic) bond motifs is 1. The van der Waals surface area contributed by atoms with Crippen LogP contribution in [0.3, 0.4) is 0 Å². The van der Waals surface area contributed by atoms with Crippen molar-refractivity contribution in [1.29, 1.82) is 0 Å². The fourth-order valence-corrected chi connectivity index (χ4v) is 3.89. The van der Waals surface area contributed by atoms with Crippen molar-refractivity contribution in [3.8, 4) is 11.3 Å². The number of hydrogen-bond donors (Lipinski definition) is 1. The van der Waals surface area contributed by atoms with Crippen molar-refractivity contribution < 1.29 is 5.11 Å². The molecule has 28 heavy (non-hydrogen) atoms. The lowest BCUT2D eigenvalue weighted by Gasteiger charge is -2.16. The minimum Gasteiger partial charge on any atom is -0.396 e. The number of aliphatic hydroxyl groups is 1. The van der Waals surface area contributed by atoms with Crippen LogP contribution in [0.2, 0.25) is 0 Å². The van der Waals surface area contributed by atoms with E-state index >= 15 is 0 Å². The van der Waals surface area contributed by atoms with E-state index in [4.69, 9.17) is 9.97 Å². The van der Waals surface area contributed by atoms with Crippen molar-refractivity contribution in [2.45, 2.75) is 72.8 Å². The maximum absolute atomic E-state index is 9.35. The van der Waals surface area contributed by atoms with Crippen LogP contribution in [0.15, 0.2) is 24.4 Å². The van der Waals surface area contributed by atoms with Crippen LogP contribution in [-0.2, 0) is 12.8 Å². The van der Waals surface area contributed by atoms with E-state index in [1.165, 1.54) is 11.1 Å². The molecule has 3 aromatic heterocycles. The van der Waals surface area contributed by atoms with Crippen LogP contribution in [0.4, 0.5) is 0 Å². The van der Waals surface area contributed by atoms with Gasteiger partial charge in [0.2, 0.25) is 0 Å². The molecule has 0 radical (unpaired) electrons. The molecule has 3 rings (SSSR count). The SMILES string of the molecule is CCc1cc2c(nc1-c1ccc(C(C)C)nc1CC)c(C)cn2[C@H](C)CCO. The summed E-state index contributed by atoms with van der Waals surface area (Å²) in [6, 6.07) is 6.88. The molecule has 0 aliphatic rings. The monoisotopic (exact) mass is 379 g/mol. The van der Waals surface area contributed by atoms with Gasteiger partial charge >= 0.3 is 0 Å². The maximum atomic E-state index is 9.35. The summed E-state index contributed by atoms with van der Waals surface area (Å²) < 4.78 is 2.26. The Kier molecular flexibility index (Phi) is 6.19. The van der Waals surface area contributed by atoms with E-state index in [1.54, 1.807) is 0 Å². The highest BCUT2D eigenvalue weighted by Gasteiger charge is 2.18. The molecule has 0 saturated carbocycles. The van der Waals surface area contributed by atoms with Crippen molar-refractivity contribution in [1.82, 2.24) is 14.5 Å². The molecule has 150 valence electrons. The number of hydrogen-bond acceptors (Lipinski definition) is 3. The summed E-state index contributed by atoms with van der Waals surface area (Å²) in [4.78, 5) is 10.1. The molecule has 3 aromatic rings. The van der Waals surface area contributed by atoms with Crippen molar-refractivity contribution in [2.24, 2.45) is 0 Å². The van der Waals surface area contributed by atoms with E-state index in [0.29, 0.717) is 5.92 Å². The van der Waals surface area contributed by atoms with Gasteiger partial charge in [0.25, 0.3) is 0 Å². The number of aromatic nitrogens is 3. The van der Waals surface area contributed by atoms with E-state index in [0.717, 1.165) is 52.9 Å². The average Bonchev–Trinajstić information content (AvgIpc) is 3.02. The van der Waals surface area contributed by atoms with Gasteiger partial charge in [-0.1, -0.05) is 27.7 Å². The van der Waals surface area contributed by atoms with Crippen LogP contribution >= 0.6 is 0 Å². The van der Waals surface area contributed by atoms with Gasteiger partial charge in [0.05, 0.1) is 16.7 Å². The van der Waals surface area contributed by atoms with Crippen molar-refractivity contribution in [3.63, 3.8) is 0 Å². The summed E-state index contributed by atoms with van der Waals surface area (Å²) in [5, 5.41) is 9.35. The molecule has 0 saturated heterocycles. The Labute approximate surface area is 168 Å². The molecular weight excluding hydrogens is 346 g/mol. The number of aliphatic hydroxyl groups excluding tert-OH is 1. The Balaban J connectivity index is 2.21. The average molecular weight is 380 g/mol. The second-order valence-corrected chi connectivity index (χ2v) is 8.04. The zero-order valence-corrected chi connectivity index (χ0v) is 18.1. The molecule has 0 fully saturated rings. The van der Waals surface area contributed by atoms with E-state index < -0.39 is 0 Å². The summed E-state index contributed by atoms with van der Waals surface area (Å²) in [6.45, 7) is 13.2. The Morgan fingerprint density at radius 1 is 1.07 bits per heavy atom. The molecule has 0 amide bonds. The van der Waals surface area contributed by atoms with Crippen molar-refractivity contribution >= 4 is 11.0 Å². The van der Waals surface area contributed by atoms with E-state index in [-0.39, 0.29) is 12.6 Å². The zero-order chi connectivity index (χ0) is 20.4. The van der Waals surface area contributed by atoms with Crippen molar-refractivity contribution in [2.75, 3.05) is 6.61 Å². The third-order valence-electron chi connectivity index (χ3n) is 5.65. The van der Waals surface area contributed by atoms with Gasteiger partial charge < -0.3 is 9.67 Å². The Morgan fingerprint density at radius 3 is 2.43 bits per heavy atom. The van der Waals surface area contributed by atoms with E-state index in [1.807, 2.05) is 0 Å². The van der Waals surface area contributed by atoms with Gasteiger partial charge in [-0.05, 0) is 68.4 Å². The predicted octanol–water partition coefficient (Wildman–Crippen LogP) is 5.60. The standard InChI is InChI=1S/C24H33N3O/c1-7-18-13-22-23(16(5)14-27(22)17(6)11-12-28)26-24(18)19-9-10-21(15(3)4)25-20(19)8-2/h9-10,13-15,17,28H,7-8,11-12H2,1-6H3/t17-/m1/s1. The highest BCUT2D eigenvalue weighted by Crippen LogP contribution is 2.32. The van der Waals surface area contributed by atoms with Gasteiger partial charge in [0.1, 0.15) is 0 Å². The molecule has 0 aromatic carbocycles. The normalized spacial score (nSPS) is 12.9. The lowest BCUT2D eigenvalue weighted by atomic mass is 9.98. The number of rotatable bonds is 7. The van der Waals surface area contributed by atoms with Crippen LogP contribution in [0.1, 0.15) is 75.5 Å². The summed E-state index contributed by atoms with van der Waals surface area (Å²) >= 11 is 0. The maximum Gasteiger partial charge on any atom is 0.0917 e. The molecule has 3 heterocycles. The van der Waals surface area contributed by atoms with Gasteiger partial charge in [-0.2, -0.15) is 0 Å². The summed E-state index contributed by atoms with van der Waals surface area (Å²) in [6.07, 6.45) is 4.73. The molecule has 4 heteroatoms. The Morgan fingerprint density at radius 2 is 1.82 bits per heavy atom. The van der Waals surface area contributed by atoms with Crippen LogP contribution in [0, 0.1) is 6.92 Å². The van der Waals surface area contributed by atoms with E-state index in [2.05, 4.69) is 70.5 Å². The Hall–Kier alpha value is -2.20. The smallest absolute Gasteiger partial charge is 0.0917 e. The molecule has 1 atom stereocenters. The summed E-state index contributed by atoms with van der Waals surface area (Å²) in [5.74, 6) is 0.421. The number of nitrogens with zero attached hydrogens (tertiary/aromatic N) is 3. The zero-order valence-electron chi connectivity index (χ0n) is 18.1. The molecule has 0 unspecified atom stereocenters. The molecule has 0 aliphatic carbocycles. The van der Waals surface area contributed by atoms with Crippen LogP contribution in [0.25, 0.3) is 22.3 Å². The number of pyridine rings is 2. The summed E-state index contributed by atoms with van der Waals surface area (Å²) in [5.41, 5.74) is 9.10. The molecular formula is C24H33N3O. The van der Waals surface area contributed by atoms with Gasteiger partial charge in [-0.25, -0.2) is 4.98 Å². The first-order chi connectivity index (χ1) is 13.4. The topological polar surface area (TPSA) is 50.9 Å². The molecule has 1 N–H and O–H groups in total. The largest absolute Gasteiger partial charge is 0.396 e. The second kappa shape index (κ2) is 8.44. The molecule has 0 bridgehead atoms. The van der Waals surface area contributed by atoms with Gasteiger partial charge in [0.15, 0.2) is 0 Å². The minimum atomic E-state index is 0.194. The summed E-state index contributed by atoms with van der Waals surface area (Å²) in [7, 11) is 0. The van der Waals surface area contributed by atoms with Gasteiger partial charge in [-0.3, -0.25) is 4.98 Å². The molecule has 4 nitrogen and oxygen atoms in total.